The van der Waals surface area contributed by atoms with Gasteiger partial charge in [0.05, 0.1) is 17.0 Å². The van der Waals surface area contributed by atoms with Gasteiger partial charge in [-0.25, -0.2) is 13.2 Å². The molecule has 31 heavy (non-hydrogen) atoms. The van der Waals surface area contributed by atoms with E-state index in [1.165, 1.54) is 29.5 Å². The van der Waals surface area contributed by atoms with E-state index in [2.05, 4.69) is 4.99 Å². The second-order valence-corrected chi connectivity index (χ2v) is 10.0. The number of halogens is 1. The summed E-state index contributed by atoms with van der Waals surface area (Å²) in [7, 11) is -3.48. The third-order valence-electron chi connectivity index (χ3n) is 4.36. The number of carbonyl (C=O) groups excluding carboxylic acids is 2. The van der Waals surface area contributed by atoms with Gasteiger partial charge in [-0.3, -0.25) is 4.79 Å². The smallest absolute Gasteiger partial charge is 0.338 e. The van der Waals surface area contributed by atoms with Gasteiger partial charge < -0.3 is 9.30 Å². The highest BCUT2D eigenvalue weighted by molar-refractivity contribution is 7.90. The highest BCUT2D eigenvalue weighted by Gasteiger charge is 2.16. The number of benzene rings is 2. The Balaban J connectivity index is 1.72. The zero-order valence-electron chi connectivity index (χ0n) is 16.7. The maximum Gasteiger partial charge on any atom is 0.338 e. The van der Waals surface area contributed by atoms with Crippen LogP contribution in [0.2, 0.25) is 5.02 Å². The average molecular weight is 479 g/mol. The SMILES string of the molecule is Cc1ccc(S(C)(=O)=O)cc1C(=O)OCC(=O)N=c1sccn1Cc1ccccc1Cl. The molecule has 0 saturated heterocycles. The predicted octanol–water partition coefficient (Wildman–Crippen LogP) is 3.25. The highest BCUT2D eigenvalue weighted by Crippen LogP contribution is 2.17. The third kappa shape index (κ3) is 5.90. The number of ether oxygens (including phenoxy) is 1. The van der Waals surface area contributed by atoms with Crippen molar-refractivity contribution in [2.45, 2.75) is 18.4 Å². The summed E-state index contributed by atoms with van der Waals surface area (Å²) in [5.41, 5.74) is 1.50. The molecule has 0 atom stereocenters. The van der Waals surface area contributed by atoms with Crippen LogP contribution in [0.4, 0.5) is 0 Å². The first-order chi connectivity index (χ1) is 14.6. The molecule has 0 N–H and O–H groups in total. The van der Waals surface area contributed by atoms with Crippen LogP contribution in [-0.2, 0) is 25.9 Å². The molecular weight excluding hydrogens is 460 g/mol. The summed E-state index contributed by atoms with van der Waals surface area (Å²) < 4.78 is 30.3. The minimum Gasteiger partial charge on any atom is -0.452 e. The molecule has 162 valence electrons. The Labute approximate surface area is 188 Å². The highest BCUT2D eigenvalue weighted by atomic mass is 35.5. The zero-order chi connectivity index (χ0) is 22.6. The maximum atomic E-state index is 12.4. The van der Waals surface area contributed by atoms with E-state index < -0.39 is 28.3 Å². The molecular formula is C21H19ClN2O5S2. The lowest BCUT2D eigenvalue weighted by Gasteiger charge is -2.08. The van der Waals surface area contributed by atoms with Crippen molar-refractivity contribution in [2.75, 3.05) is 12.9 Å². The number of amides is 1. The largest absolute Gasteiger partial charge is 0.452 e. The standard InChI is InChI=1S/C21H19ClN2O5S2/c1-14-7-8-16(31(2,27)28)11-17(14)20(26)29-13-19(25)23-21-24(9-10-30-21)12-15-5-3-4-6-18(15)22/h3-11H,12-13H2,1-2H3. The van der Waals surface area contributed by atoms with E-state index in [1.54, 1.807) is 29.1 Å². The van der Waals surface area contributed by atoms with Crippen LogP contribution in [0.1, 0.15) is 21.5 Å². The monoisotopic (exact) mass is 478 g/mol. The van der Waals surface area contributed by atoms with E-state index in [0.29, 0.717) is 21.9 Å². The fourth-order valence-electron chi connectivity index (χ4n) is 2.71. The summed E-state index contributed by atoms with van der Waals surface area (Å²) in [6.07, 6.45) is 2.83. The minimum atomic E-state index is -3.48. The number of hydrogen-bond donors (Lipinski definition) is 0. The number of esters is 1. The van der Waals surface area contributed by atoms with Crippen molar-refractivity contribution in [3.63, 3.8) is 0 Å². The third-order valence-corrected chi connectivity index (χ3v) is 6.64. The normalized spacial score (nSPS) is 12.0. The number of hydrogen-bond acceptors (Lipinski definition) is 6. The number of rotatable bonds is 6. The van der Waals surface area contributed by atoms with Gasteiger partial charge in [0.15, 0.2) is 21.2 Å². The van der Waals surface area contributed by atoms with Crippen LogP contribution in [0.15, 0.2) is 63.9 Å². The lowest BCUT2D eigenvalue weighted by Crippen LogP contribution is -2.20. The topological polar surface area (TPSA) is 94.8 Å². The van der Waals surface area contributed by atoms with Crippen molar-refractivity contribution in [3.05, 3.63) is 80.6 Å². The fraction of sp³-hybridized carbons (Fsp3) is 0.190. The molecule has 3 aromatic rings. The van der Waals surface area contributed by atoms with Gasteiger partial charge in [0.1, 0.15) is 0 Å². The van der Waals surface area contributed by atoms with Crippen molar-refractivity contribution in [1.82, 2.24) is 4.57 Å². The Bertz CT molecular complexity index is 1310. The van der Waals surface area contributed by atoms with E-state index in [9.17, 15) is 18.0 Å². The number of thiazole rings is 1. The average Bonchev–Trinajstić information content (AvgIpc) is 3.14. The summed E-state index contributed by atoms with van der Waals surface area (Å²) in [5, 5.41) is 2.40. The molecule has 10 heteroatoms. The van der Waals surface area contributed by atoms with Gasteiger partial charge in [-0.15, -0.1) is 11.3 Å². The van der Waals surface area contributed by atoms with E-state index in [4.69, 9.17) is 16.3 Å². The molecule has 1 amide bonds. The van der Waals surface area contributed by atoms with Gasteiger partial charge in [-0.1, -0.05) is 35.9 Å². The first-order valence-corrected chi connectivity index (χ1v) is 12.2. The van der Waals surface area contributed by atoms with Gasteiger partial charge in [0, 0.05) is 22.9 Å². The number of carbonyl (C=O) groups is 2. The lowest BCUT2D eigenvalue weighted by atomic mass is 10.1. The summed E-state index contributed by atoms with van der Waals surface area (Å²) in [6.45, 7) is 1.52. The second-order valence-electron chi connectivity index (χ2n) is 6.74. The van der Waals surface area contributed by atoms with Crippen molar-refractivity contribution in [1.29, 1.82) is 0 Å². The Morgan fingerprint density at radius 1 is 1.19 bits per heavy atom. The molecule has 2 aromatic carbocycles. The predicted molar refractivity (Wildman–Crippen MR) is 118 cm³/mol. The van der Waals surface area contributed by atoms with Gasteiger partial charge in [-0.05, 0) is 36.2 Å². The minimum absolute atomic E-state index is 0.000245. The molecule has 0 spiro atoms. The summed E-state index contributed by atoms with van der Waals surface area (Å²) >= 11 is 7.46. The van der Waals surface area contributed by atoms with Crippen LogP contribution < -0.4 is 4.80 Å². The van der Waals surface area contributed by atoms with E-state index in [0.717, 1.165) is 11.8 Å². The van der Waals surface area contributed by atoms with Gasteiger partial charge >= 0.3 is 5.97 Å². The zero-order valence-corrected chi connectivity index (χ0v) is 19.1. The van der Waals surface area contributed by atoms with Crippen molar-refractivity contribution < 1.29 is 22.7 Å². The number of sulfone groups is 1. The van der Waals surface area contributed by atoms with Crippen LogP contribution in [0, 0.1) is 6.92 Å². The molecule has 1 aromatic heterocycles. The van der Waals surface area contributed by atoms with Crippen LogP contribution in [0.5, 0.6) is 0 Å². The van der Waals surface area contributed by atoms with E-state index >= 15 is 0 Å². The first kappa shape index (κ1) is 22.9. The van der Waals surface area contributed by atoms with Gasteiger partial charge in [-0.2, -0.15) is 4.99 Å². The Morgan fingerprint density at radius 2 is 1.94 bits per heavy atom. The lowest BCUT2D eigenvalue weighted by molar-refractivity contribution is -0.121. The summed E-state index contributed by atoms with van der Waals surface area (Å²) in [4.78, 5) is 29.1. The van der Waals surface area contributed by atoms with Crippen LogP contribution in [0.25, 0.3) is 0 Å². The maximum absolute atomic E-state index is 12.4. The molecule has 0 saturated carbocycles. The molecule has 0 fully saturated rings. The van der Waals surface area contributed by atoms with Crippen molar-refractivity contribution in [3.8, 4) is 0 Å². The quantitative estimate of drug-likeness (QED) is 0.507. The fourth-order valence-corrected chi connectivity index (χ4v) is 4.30. The van der Waals surface area contributed by atoms with Gasteiger partial charge in [0.25, 0.3) is 5.91 Å². The summed E-state index contributed by atoms with van der Waals surface area (Å²) in [5.74, 6) is -1.43. The molecule has 0 aliphatic rings. The Hall–Kier alpha value is -2.75. The molecule has 0 aliphatic heterocycles. The van der Waals surface area contributed by atoms with Crippen LogP contribution >= 0.6 is 22.9 Å². The Morgan fingerprint density at radius 3 is 2.65 bits per heavy atom. The van der Waals surface area contributed by atoms with E-state index in [-0.39, 0.29) is 10.5 Å². The van der Waals surface area contributed by atoms with Crippen molar-refractivity contribution in [2.24, 2.45) is 4.99 Å². The van der Waals surface area contributed by atoms with Crippen LogP contribution in [-0.4, -0.2) is 37.7 Å². The number of nitrogens with zero attached hydrogens (tertiary/aromatic N) is 2. The number of aromatic nitrogens is 1. The molecule has 7 nitrogen and oxygen atoms in total. The van der Waals surface area contributed by atoms with E-state index in [1.807, 2.05) is 18.2 Å². The molecule has 3 rings (SSSR count). The molecule has 0 aliphatic carbocycles. The van der Waals surface area contributed by atoms with Gasteiger partial charge in [0.2, 0.25) is 0 Å². The van der Waals surface area contributed by atoms with Crippen molar-refractivity contribution >= 4 is 44.7 Å². The molecule has 0 radical (unpaired) electrons. The summed E-state index contributed by atoms with van der Waals surface area (Å²) in [6, 6.07) is 11.5. The first-order valence-electron chi connectivity index (χ1n) is 9.08. The van der Waals surface area contributed by atoms with Crippen LogP contribution in [0.3, 0.4) is 0 Å². The second kappa shape index (κ2) is 9.59. The molecule has 1 heterocycles. The molecule has 0 bridgehead atoms. The number of aryl methyl sites for hydroxylation is 1. The molecule has 0 unspecified atom stereocenters. The Kier molecular flexibility index (Phi) is 7.09.